The van der Waals surface area contributed by atoms with Crippen molar-refractivity contribution in [2.45, 2.75) is 0 Å². The van der Waals surface area contributed by atoms with Crippen molar-refractivity contribution in [2.75, 3.05) is 12.4 Å². The standard InChI is InChI=1S/C19H14BrFN2O2/c1-25-18-9-6-12(10-15(18)20)19(24)23-13-7-8-17(22-11-13)14-4-2-3-5-16(14)21/h2-11H,1H3,(H,23,24). The second-order valence-corrected chi connectivity index (χ2v) is 6.07. The minimum Gasteiger partial charge on any atom is -0.496 e. The van der Waals surface area contributed by atoms with Gasteiger partial charge in [0.05, 0.1) is 29.2 Å². The molecule has 1 N–H and O–H groups in total. The van der Waals surface area contributed by atoms with Crippen molar-refractivity contribution in [1.82, 2.24) is 4.98 Å². The summed E-state index contributed by atoms with van der Waals surface area (Å²) in [5.41, 5.74) is 1.92. The predicted octanol–water partition coefficient (Wildman–Crippen LogP) is 4.91. The Morgan fingerprint density at radius 2 is 1.96 bits per heavy atom. The predicted molar refractivity (Wildman–Crippen MR) is 98.3 cm³/mol. The molecule has 0 atom stereocenters. The largest absolute Gasteiger partial charge is 0.496 e. The normalized spacial score (nSPS) is 10.4. The van der Waals surface area contributed by atoms with Gasteiger partial charge >= 0.3 is 0 Å². The molecule has 0 unspecified atom stereocenters. The van der Waals surface area contributed by atoms with Crippen molar-refractivity contribution in [3.05, 3.63) is 76.6 Å². The first-order chi connectivity index (χ1) is 12.1. The summed E-state index contributed by atoms with van der Waals surface area (Å²) in [4.78, 5) is 16.5. The van der Waals surface area contributed by atoms with Crippen LogP contribution in [-0.2, 0) is 0 Å². The lowest BCUT2D eigenvalue weighted by Crippen LogP contribution is -2.12. The highest BCUT2D eigenvalue weighted by molar-refractivity contribution is 9.10. The van der Waals surface area contributed by atoms with Gasteiger partial charge < -0.3 is 10.1 Å². The third-order valence-corrected chi connectivity index (χ3v) is 4.20. The van der Waals surface area contributed by atoms with E-state index in [2.05, 4.69) is 26.2 Å². The number of rotatable bonds is 4. The SMILES string of the molecule is COc1ccc(C(=O)Nc2ccc(-c3ccccc3F)nc2)cc1Br. The first-order valence-corrected chi connectivity index (χ1v) is 8.23. The Morgan fingerprint density at radius 1 is 1.16 bits per heavy atom. The molecule has 0 spiro atoms. The molecule has 1 amide bonds. The molecule has 2 aromatic carbocycles. The van der Waals surface area contributed by atoms with E-state index >= 15 is 0 Å². The van der Waals surface area contributed by atoms with Crippen molar-refractivity contribution < 1.29 is 13.9 Å². The van der Waals surface area contributed by atoms with Gasteiger partial charge in [0.2, 0.25) is 0 Å². The fourth-order valence-corrected chi connectivity index (χ4v) is 2.85. The van der Waals surface area contributed by atoms with Crippen molar-refractivity contribution in [1.29, 1.82) is 0 Å². The highest BCUT2D eigenvalue weighted by atomic mass is 79.9. The van der Waals surface area contributed by atoms with Crippen LogP contribution in [0, 0.1) is 5.82 Å². The molecule has 0 aliphatic heterocycles. The van der Waals surface area contributed by atoms with E-state index in [1.807, 2.05) is 0 Å². The molecule has 0 aliphatic rings. The molecule has 1 aromatic heterocycles. The van der Waals surface area contributed by atoms with E-state index in [1.54, 1.807) is 55.6 Å². The Balaban J connectivity index is 1.76. The van der Waals surface area contributed by atoms with Crippen LogP contribution < -0.4 is 10.1 Å². The summed E-state index contributed by atoms with van der Waals surface area (Å²) in [7, 11) is 1.56. The number of hydrogen-bond donors (Lipinski definition) is 1. The second kappa shape index (κ2) is 7.44. The Labute approximate surface area is 152 Å². The highest BCUT2D eigenvalue weighted by Crippen LogP contribution is 2.26. The lowest BCUT2D eigenvalue weighted by Gasteiger charge is -2.08. The molecule has 0 saturated heterocycles. The number of carbonyl (C=O) groups excluding carboxylic acids is 1. The molecule has 1 heterocycles. The fraction of sp³-hybridized carbons (Fsp3) is 0.0526. The van der Waals surface area contributed by atoms with Crippen LogP contribution in [0.1, 0.15) is 10.4 Å². The van der Waals surface area contributed by atoms with Crippen LogP contribution in [0.15, 0.2) is 65.3 Å². The van der Waals surface area contributed by atoms with Crippen molar-refractivity contribution >= 4 is 27.5 Å². The van der Waals surface area contributed by atoms with Gasteiger partial charge in [-0.25, -0.2) is 4.39 Å². The van der Waals surface area contributed by atoms with E-state index in [9.17, 15) is 9.18 Å². The Hall–Kier alpha value is -2.73. The Kier molecular flexibility index (Phi) is 5.09. The lowest BCUT2D eigenvalue weighted by atomic mass is 10.1. The van der Waals surface area contributed by atoms with Crippen LogP contribution in [0.4, 0.5) is 10.1 Å². The number of carbonyl (C=O) groups is 1. The van der Waals surface area contributed by atoms with Crippen LogP contribution in [-0.4, -0.2) is 18.0 Å². The van der Waals surface area contributed by atoms with E-state index in [0.29, 0.717) is 32.7 Å². The molecule has 0 radical (unpaired) electrons. The summed E-state index contributed by atoms with van der Waals surface area (Å²) in [5, 5.41) is 2.76. The molecule has 3 aromatic rings. The van der Waals surface area contributed by atoms with Crippen LogP contribution in [0.2, 0.25) is 0 Å². The van der Waals surface area contributed by atoms with E-state index in [1.165, 1.54) is 12.3 Å². The van der Waals surface area contributed by atoms with Crippen LogP contribution in [0.5, 0.6) is 5.75 Å². The van der Waals surface area contributed by atoms with E-state index in [4.69, 9.17) is 4.74 Å². The summed E-state index contributed by atoms with van der Waals surface area (Å²) in [6.07, 6.45) is 1.50. The number of nitrogens with zero attached hydrogens (tertiary/aromatic N) is 1. The number of amides is 1. The minimum atomic E-state index is -0.338. The average molecular weight is 401 g/mol. The number of methoxy groups -OCH3 is 1. The third kappa shape index (κ3) is 3.85. The van der Waals surface area contributed by atoms with Crippen molar-refractivity contribution in [3.63, 3.8) is 0 Å². The van der Waals surface area contributed by atoms with E-state index in [-0.39, 0.29) is 11.7 Å². The summed E-state index contributed by atoms with van der Waals surface area (Å²) >= 11 is 3.35. The molecule has 0 saturated carbocycles. The molecule has 126 valence electrons. The monoisotopic (exact) mass is 400 g/mol. The van der Waals surface area contributed by atoms with Crippen LogP contribution >= 0.6 is 15.9 Å². The molecule has 4 nitrogen and oxygen atoms in total. The number of aromatic nitrogens is 1. The van der Waals surface area contributed by atoms with Crippen LogP contribution in [0.3, 0.4) is 0 Å². The second-order valence-electron chi connectivity index (χ2n) is 5.22. The fourth-order valence-electron chi connectivity index (χ4n) is 2.31. The van der Waals surface area contributed by atoms with Crippen LogP contribution in [0.25, 0.3) is 11.3 Å². The van der Waals surface area contributed by atoms with Gasteiger partial charge in [0.15, 0.2) is 0 Å². The maximum atomic E-state index is 13.8. The highest BCUT2D eigenvalue weighted by Gasteiger charge is 2.10. The molecule has 0 bridgehead atoms. The average Bonchev–Trinajstić information content (AvgIpc) is 2.63. The molecule has 0 aliphatic carbocycles. The quantitative estimate of drug-likeness (QED) is 0.676. The summed E-state index contributed by atoms with van der Waals surface area (Å²) in [5.74, 6) is 0.0334. The van der Waals surface area contributed by atoms with Gasteiger partial charge in [-0.05, 0) is 58.4 Å². The van der Waals surface area contributed by atoms with Gasteiger partial charge in [0.25, 0.3) is 5.91 Å². The summed E-state index contributed by atoms with van der Waals surface area (Å²) < 4.78 is 19.6. The number of ether oxygens (including phenoxy) is 1. The number of pyridine rings is 1. The summed E-state index contributed by atoms with van der Waals surface area (Å²) in [6, 6.07) is 14.8. The first kappa shape index (κ1) is 17.1. The van der Waals surface area contributed by atoms with Gasteiger partial charge in [-0.3, -0.25) is 9.78 Å². The maximum Gasteiger partial charge on any atom is 0.255 e. The van der Waals surface area contributed by atoms with Gasteiger partial charge in [-0.2, -0.15) is 0 Å². The van der Waals surface area contributed by atoms with Crippen molar-refractivity contribution in [3.8, 4) is 17.0 Å². The van der Waals surface area contributed by atoms with E-state index in [0.717, 1.165) is 0 Å². The molecular formula is C19H14BrFN2O2. The Bertz CT molecular complexity index is 914. The number of benzene rings is 2. The molecule has 3 rings (SSSR count). The van der Waals surface area contributed by atoms with Crippen molar-refractivity contribution in [2.24, 2.45) is 0 Å². The van der Waals surface area contributed by atoms with Gasteiger partial charge in [-0.1, -0.05) is 12.1 Å². The zero-order valence-corrected chi connectivity index (χ0v) is 14.9. The lowest BCUT2D eigenvalue weighted by molar-refractivity contribution is 0.102. The van der Waals surface area contributed by atoms with Gasteiger partial charge in [0.1, 0.15) is 11.6 Å². The number of anilines is 1. The number of hydrogen-bond acceptors (Lipinski definition) is 3. The zero-order valence-electron chi connectivity index (χ0n) is 13.3. The maximum absolute atomic E-state index is 13.8. The first-order valence-electron chi connectivity index (χ1n) is 7.44. The summed E-state index contributed by atoms with van der Waals surface area (Å²) in [6.45, 7) is 0. The van der Waals surface area contributed by atoms with E-state index < -0.39 is 0 Å². The minimum absolute atomic E-state index is 0.274. The smallest absolute Gasteiger partial charge is 0.255 e. The molecule has 0 fully saturated rings. The van der Waals surface area contributed by atoms with Gasteiger partial charge in [0, 0.05) is 11.1 Å². The topological polar surface area (TPSA) is 51.2 Å². The zero-order chi connectivity index (χ0) is 17.8. The molecule has 6 heteroatoms. The number of nitrogens with one attached hydrogen (secondary N) is 1. The Morgan fingerprint density at radius 3 is 2.60 bits per heavy atom. The van der Waals surface area contributed by atoms with Gasteiger partial charge in [-0.15, -0.1) is 0 Å². The number of halogens is 2. The third-order valence-electron chi connectivity index (χ3n) is 3.59. The molecule has 25 heavy (non-hydrogen) atoms. The molecular weight excluding hydrogens is 387 g/mol.